The zero-order chi connectivity index (χ0) is 11.5. The summed E-state index contributed by atoms with van der Waals surface area (Å²) in [5.41, 5.74) is 5.55. The third kappa shape index (κ3) is 2.50. The summed E-state index contributed by atoms with van der Waals surface area (Å²) in [5, 5.41) is 2.53. The van der Waals surface area contributed by atoms with E-state index < -0.39 is 5.91 Å². The lowest BCUT2D eigenvalue weighted by atomic mass is 10.2. The van der Waals surface area contributed by atoms with Gasteiger partial charge in [0.15, 0.2) is 0 Å². The molecule has 0 bridgehead atoms. The van der Waals surface area contributed by atoms with Crippen molar-refractivity contribution in [2.45, 2.75) is 0 Å². The number of halogens is 1. The van der Waals surface area contributed by atoms with Gasteiger partial charge in [0, 0.05) is 10.9 Å². The van der Waals surface area contributed by atoms with Crippen LogP contribution in [0.3, 0.4) is 0 Å². The molecule has 16 heavy (non-hydrogen) atoms. The van der Waals surface area contributed by atoms with Crippen molar-refractivity contribution < 1.29 is 9.53 Å². The van der Waals surface area contributed by atoms with Crippen LogP contribution in [-0.4, -0.2) is 10.9 Å². The van der Waals surface area contributed by atoms with E-state index in [1.54, 1.807) is 29.6 Å². The Balaban J connectivity index is 2.14. The molecule has 1 aromatic heterocycles. The predicted molar refractivity (Wildman–Crippen MR) is 62.2 cm³/mol. The molecule has 82 valence electrons. The third-order valence-corrected chi connectivity index (χ3v) is 2.84. The molecule has 1 aromatic carbocycles. The summed E-state index contributed by atoms with van der Waals surface area (Å²) in [6.07, 6.45) is 0. The smallest absolute Gasteiger partial charge is 0.280 e. The van der Waals surface area contributed by atoms with Gasteiger partial charge in [0.25, 0.3) is 5.19 Å². The van der Waals surface area contributed by atoms with Crippen LogP contribution in [0, 0.1) is 0 Å². The van der Waals surface area contributed by atoms with E-state index in [-0.39, 0.29) is 0 Å². The Morgan fingerprint density at radius 3 is 2.56 bits per heavy atom. The molecule has 0 saturated heterocycles. The number of thiazole rings is 1. The van der Waals surface area contributed by atoms with Crippen molar-refractivity contribution in [3.05, 3.63) is 40.4 Å². The molecule has 4 nitrogen and oxygen atoms in total. The maximum atomic E-state index is 10.8. The van der Waals surface area contributed by atoms with Crippen molar-refractivity contribution in [1.82, 2.24) is 4.98 Å². The fourth-order valence-electron chi connectivity index (χ4n) is 1.07. The summed E-state index contributed by atoms with van der Waals surface area (Å²) in [6.45, 7) is 0. The standard InChI is InChI=1S/C10H7ClN2O2S/c11-8-5-16-10(13-8)15-7-3-1-6(2-4-7)9(12)14/h1-5H,(H2,12,14). The average Bonchev–Trinajstić information content (AvgIpc) is 2.65. The normalized spacial score (nSPS) is 10.1. The number of carbonyl (C=O) groups excluding carboxylic acids is 1. The van der Waals surface area contributed by atoms with Crippen molar-refractivity contribution in [3.8, 4) is 10.9 Å². The second kappa shape index (κ2) is 4.51. The molecule has 0 unspecified atom stereocenters. The number of benzene rings is 1. The van der Waals surface area contributed by atoms with Crippen LogP contribution in [0.4, 0.5) is 0 Å². The molecular formula is C10H7ClN2O2S. The average molecular weight is 255 g/mol. The van der Waals surface area contributed by atoms with Crippen LogP contribution in [0.2, 0.25) is 5.15 Å². The van der Waals surface area contributed by atoms with Gasteiger partial charge < -0.3 is 10.5 Å². The second-order valence-corrected chi connectivity index (χ2v) is 4.13. The van der Waals surface area contributed by atoms with Crippen LogP contribution < -0.4 is 10.5 Å². The first-order chi connectivity index (χ1) is 7.65. The Morgan fingerprint density at radius 2 is 2.06 bits per heavy atom. The molecule has 0 radical (unpaired) electrons. The van der Waals surface area contributed by atoms with E-state index in [2.05, 4.69) is 4.98 Å². The van der Waals surface area contributed by atoms with Gasteiger partial charge >= 0.3 is 0 Å². The Kier molecular flexibility index (Phi) is 3.07. The molecule has 2 rings (SSSR count). The number of ether oxygens (including phenoxy) is 1. The lowest BCUT2D eigenvalue weighted by Crippen LogP contribution is -2.10. The minimum Gasteiger partial charge on any atom is -0.431 e. The van der Waals surface area contributed by atoms with Crippen LogP contribution in [0.1, 0.15) is 10.4 Å². The Bertz CT molecular complexity index is 510. The van der Waals surface area contributed by atoms with E-state index in [0.29, 0.717) is 21.7 Å². The molecule has 0 aliphatic heterocycles. The molecule has 0 spiro atoms. The van der Waals surface area contributed by atoms with E-state index in [1.165, 1.54) is 11.3 Å². The Hall–Kier alpha value is -1.59. The molecule has 0 aliphatic carbocycles. The molecule has 0 fully saturated rings. The quantitative estimate of drug-likeness (QED) is 0.916. The Labute approximate surface area is 101 Å². The highest BCUT2D eigenvalue weighted by Gasteiger charge is 2.04. The maximum Gasteiger partial charge on any atom is 0.280 e. The highest BCUT2D eigenvalue weighted by molar-refractivity contribution is 7.11. The van der Waals surface area contributed by atoms with E-state index in [0.717, 1.165) is 0 Å². The van der Waals surface area contributed by atoms with Gasteiger partial charge in [-0.2, -0.15) is 4.98 Å². The topological polar surface area (TPSA) is 65.2 Å². The minimum absolute atomic E-state index is 0.397. The SMILES string of the molecule is NC(=O)c1ccc(Oc2nc(Cl)cs2)cc1. The van der Waals surface area contributed by atoms with Gasteiger partial charge in [-0.15, -0.1) is 0 Å². The minimum atomic E-state index is -0.469. The van der Waals surface area contributed by atoms with Gasteiger partial charge in [0.1, 0.15) is 10.9 Å². The van der Waals surface area contributed by atoms with Crippen molar-refractivity contribution in [3.63, 3.8) is 0 Å². The number of hydrogen-bond acceptors (Lipinski definition) is 4. The van der Waals surface area contributed by atoms with Crippen LogP contribution >= 0.6 is 22.9 Å². The molecule has 1 amide bonds. The molecule has 1 heterocycles. The zero-order valence-electron chi connectivity index (χ0n) is 8.01. The van der Waals surface area contributed by atoms with Gasteiger partial charge in [-0.25, -0.2) is 0 Å². The number of rotatable bonds is 3. The molecular weight excluding hydrogens is 248 g/mol. The van der Waals surface area contributed by atoms with Gasteiger partial charge in [0.2, 0.25) is 5.91 Å². The number of hydrogen-bond donors (Lipinski definition) is 1. The van der Waals surface area contributed by atoms with Gasteiger partial charge in [-0.05, 0) is 24.3 Å². The molecule has 6 heteroatoms. The van der Waals surface area contributed by atoms with E-state index in [4.69, 9.17) is 22.1 Å². The summed E-state index contributed by atoms with van der Waals surface area (Å²) >= 11 is 6.95. The third-order valence-electron chi connectivity index (χ3n) is 1.80. The fraction of sp³-hybridized carbons (Fsp3) is 0. The Morgan fingerprint density at radius 1 is 1.38 bits per heavy atom. The van der Waals surface area contributed by atoms with Crippen LogP contribution in [0.25, 0.3) is 0 Å². The predicted octanol–water partition coefficient (Wildman–Crippen LogP) is 2.69. The van der Waals surface area contributed by atoms with E-state index in [1.807, 2.05) is 0 Å². The second-order valence-electron chi connectivity index (χ2n) is 2.93. The largest absolute Gasteiger partial charge is 0.431 e. The highest BCUT2D eigenvalue weighted by atomic mass is 35.5. The summed E-state index contributed by atoms with van der Waals surface area (Å²) in [4.78, 5) is 14.8. The molecule has 2 aromatic rings. The van der Waals surface area contributed by atoms with Crippen molar-refractivity contribution in [2.75, 3.05) is 0 Å². The van der Waals surface area contributed by atoms with E-state index >= 15 is 0 Å². The first kappa shape index (κ1) is 10.9. The summed E-state index contributed by atoms with van der Waals surface area (Å²) in [5.74, 6) is 0.111. The monoisotopic (exact) mass is 254 g/mol. The van der Waals surface area contributed by atoms with Crippen molar-refractivity contribution >= 4 is 28.8 Å². The summed E-state index contributed by atoms with van der Waals surface area (Å²) < 4.78 is 5.40. The maximum absolute atomic E-state index is 10.8. The number of aromatic nitrogens is 1. The summed E-state index contributed by atoms with van der Waals surface area (Å²) in [6, 6.07) is 6.48. The lowest BCUT2D eigenvalue weighted by Gasteiger charge is -2.01. The zero-order valence-corrected chi connectivity index (χ0v) is 9.59. The molecule has 0 atom stereocenters. The number of nitrogens with two attached hydrogens (primary N) is 1. The number of nitrogens with zero attached hydrogens (tertiary/aromatic N) is 1. The number of primary amides is 1. The fourth-order valence-corrected chi connectivity index (χ4v) is 1.88. The highest BCUT2D eigenvalue weighted by Crippen LogP contribution is 2.26. The molecule has 2 N–H and O–H groups in total. The number of amides is 1. The van der Waals surface area contributed by atoms with Crippen LogP contribution in [0.15, 0.2) is 29.6 Å². The first-order valence-corrected chi connectivity index (χ1v) is 5.59. The van der Waals surface area contributed by atoms with Crippen LogP contribution in [0.5, 0.6) is 10.9 Å². The summed E-state index contributed by atoms with van der Waals surface area (Å²) in [7, 11) is 0. The van der Waals surface area contributed by atoms with E-state index in [9.17, 15) is 4.79 Å². The molecule has 0 saturated carbocycles. The number of carbonyl (C=O) groups is 1. The first-order valence-electron chi connectivity index (χ1n) is 4.34. The van der Waals surface area contributed by atoms with Crippen molar-refractivity contribution in [1.29, 1.82) is 0 Å². The van der Waals surface area contributed by atoms with Crippen LogP contribution in [-0.2, 0) is 0 Å². The van der Waals surface area contributed by atoms with Crippen molar-refractivity contribution in [2.24, 2.45) is 5.73 Å². The van der Waals surface area contributed by atoms with Gasteiger partial charge in [-0.3, -0.25) is 4.79 Å². The van der Waals surface area contributed by atoms with Gasteiger partial charge in [-0.1, -0.05) is 22.9 Å². The molecule has 0 aliphatic rings. The lowest BCUT2D eigenvalue weighted by molar-refractivity contribution is 0.100. The van der Waals surface area contributed by atoms with Gasteiger partial charge in [0.05, 0.1) is 0 Å².